The monoisotopic (exact) mass is 590 g/mol. The fourth-order valence-electron chi connectivity index (χ4n) is 9.83. The molecule has 0 nitrogen and oxygen atoms in total. The highest BCUT2D eigenvalue weighted by atomic mass is 31.1. The Balaban J connectivity index is 1.29. The first-order valence-corrected chi connectivity index (χ1v) is 18.7. The summed E-state index contributed by atoms with van der Waals surface area (Å²) in [5.74, 6) is 0. The van der Waals surface area contributed by atoms with Crippen molar-refractivity contribution in [1.29, 1.82) is 0 Å². The third-order valence-electron chi connectivity index (χ3n) is 10.9. The molecule has 210 valence electrons. The molecule has 0 fully saturated rings. The molecule has 4 heterocycles. The smallest absolute Gasteiger partial charge is 0.0209 e. The van der Waals surface area contributed by atoms with Crippen LogP contribution in [0.4, 0.5) is 0 Å². The summed E-state index contributed by atoms with van der Waals surface area (Å²) < 4.78 is 0. The minimum Gasteiger partial charge on any atom is -0.0622 e. The average molecular weight is 591 g/mol. The first-order chi connectivity index (χ1) is 20.9. The zero-order valence-corrected chi connectivity index (χ0v) is 27.1. The Morgan fingerprint density at radius 3 is 1.02 bits per heavy atom. The van der Waals surface area contributed by atoms with Gasteiger partial charge in [-0.15, -0.1) is 0 Å². The maximum atomic E-state index is 2.61. The molecule has 5 aliphatic rings. The van der Waals surface area contributed by atoms with Gasteiger partial charge in [-0.25, -0.2) is 0 Å². The van der Waals surface area contributed by atoms with E-state index >= 15 is 0 Å². The molecular weight excluding hydrogens is 554 g/mol. The van der Waals surface area contributed by atoms with Crippen LogP contribution >= 0.6 is 15.8 Å². The highest BCUT2D eigenvalue weighted by molar-refractivity contribution is 7.79. The van der Waals surface area contributed by atoms with Crippen molar-refractivity contribution < 1.29 is 0 Å². The lowest BCUT2D eigenvalue weighted by Gasteiger charge is -2.44. The summed E-state index contributed by atoms with van der Waals surface area (Å²) in [6, 6.07) is 45.5. The molecule has 0 saturated heterocycles. The van der Waals surface area contributed by atoms with Gasteiger partial charge in [0.1, 0.15) is 0 Å². The van der Waals surface area contributed by atoms with Crippen molar-refractivity contribution in [3.05, 3.63) is 165 Å². The number of fused-ring (bicyclic) bond motifs is 9. The van der Waals surface area contributed by atoms with Crippen molar-refractivity contribution >= 4 is 37.6 Å². The van der Waals surface area contributed by atoms with Gasteiger partial charge in [0.25, 0.3) is 0 Å². The van der Waals surface area contributed by atoms with Crippen LogP contribution in [-0.4, -0.2) is 12.3 Å². The quantitative estimate of drug-likeness (QED) is 0.207. The summed E-state index contributed by atoms with van der Waals surface area (Å²) in [4.78, 5) is 0. The van der Waals surface area contributed by atoms with Crippen LogP contribution in [0.5, 0.6) is 0 Å². The lowest BCUT2D eigenvalue weighted by Crippen LogP contribution is -2.35. The van der Waals surface area contributed by atoms with E-state index in [1.165, 1.54) is 34.6 Å². The molecule has 4 atom stereocenters. The highest BCUT2D eigenvalue weighted by Gasteiger charge is 2.68. The SMILES string of the molecule is CC1(C)C2=C(C3=C1[C@]1(C)CP3C(c3ccccc3)=C1c1ccccc1)P1C[C@]2(C)C(c2ccccc2)=C1c1ccccc1. The van der Waals surface area contributed by atoms with Crippen LogP contribution in [0.2, 0.25) is 0 Å². The molecule has 0 N–H and O–H groups in total. The van der Waals surface area contributed by atoms with Gasteiger partial charge in [-0.1, -0.05) is 149 Å². The maximum Gasteiger partial charge on any atom is 0.0209 e. The second-order valence-corrected chi connectivity index (χ2v) is 18.0. The minimum absolute atomic E-state index is 0.0346. The Kier molecular flexibility index (Phi) is 5.40. The standard InChI is InChI=1S/C41H36P2/c1-39(2)37-35(42-25-40(37,3)31(27-17-9-5-10-18-27)33(42)29-21-13-7-14-22-29)36-38(39)41(4)26-43(36)34(30-23-15-8-16-24-30)32(41)28-19-11-6-12-20-28/h5-24H,25-26H2,1-4H3/t40-,41-,42?,43?/m1/s1. The summed E-state index contributed by atoms with van der Waals surface area (Å²) >= 11 is 0. The van der Waals surface area contributed by atoms with Gasteiger partial charge in [0.15, 0.2) is 0 Å². The van der Waals surface area contributed by atoms with Crippen molar-refractivity contribution in [2.45, 2.75) is 27.7 Å². The largest absolute Gasteiger partial charge is 0.0622 e. The van der Waals surface area contributed by atoms with E-state index in [9.17, 15) is 0 Å². The number of allylic oxidation sites excluding steroid dienone is 6. The van der Waals surface area contributed by atoms with Gasteiger partial charge < -0.3 is 0 Å². The van der Waals surface area contributed by atoms with E-state index < -0.39 is 15.8 Å². The van der Waals surface area contributed by atoms with E-state index in [1.54, 1.807) is 43.5 Å². The summed E-state index contributed by atoms with van der Waals surface area (Å²) in [6.45, 7) is 10.4. The molecule has 0 radical (unpaired) electrons. The molecule has 4 aliphatic heterocycles. The second-order valence-electron chi connectivity index (χ2n) is 13.8. The van der Waals surface area contributed by atoms with Gasteiger partial charge in [-0.05, 0) is 94.0 Å². The van der Waals surface area contributed by atoms with E-state index in [1.807, 2.05) is 0 Å². The van der Waals surface area contributed by atoms with E-state index in [4.69, 9.17) is 0 Å². The first kappa shape index (κ1) is 26.1. The van der Waals surface area contributed by atoms with E-state index in [0.29, 0.717) is 0 Å². The van der Waals surface area contributed by atoms with Gasteiger partial charge in [-0.2, -0.15) is 0 Å². The Morgan fingerprint density at radius 2 is 0.698 bits per heavy atom. The van der Waals surface area contributed by atoms with Crippen LogP contribution in [0.25, 0.3) is 21.8 Å². The van der Waals surface area contributed by atoms with E-state index in [0.717, 1.165) is 0 Å². The summed E-state index contributed by atoms with van der Waals surface area (Å²) in [7, 11) is -0.893. The van der Waals surface area contributed by atoms with Crippen LogP contribution in [0, 0.1) is 16.2 Å². The van der Waals surface area contributed by atoms with Gasteiger partial charge >= 0.3 is 0 Å². The minimum atomic E-state index is -0.446. The third kappa shape index (κ3) is 3.25. The number of hydrogen-bond acceptors (Lipinski definition) is 0. The van der Waals surface area contributed by atoms with E-state index in [-0.39, 0.29) is 16.2 Å². The fourth-order valence-corrected chi connectivity index (χ4v) is 18.1. The number of rotatable bonds is 4. The maximum absolute atomic E-state index is 2.61. The molecule has 1 aliphatic carbocycles. The predicted molar refractivity (Wildman–Crippen MR) is 187 cm³/mol. The van der Waals surface area contributed by atoms with Crippen molar-refractivity contribution in [2.24, 2.45) is 16.2 Å². The number of benzene rings is 4. The van der Waals surface area contributed by atoms with E-state index in [2.05, 4.69) is 149 Å². The average Bonchev–Trinajstić information content (AvgIpc) is 3.77. The second kappa shape index (κ2) is 8.88. The zero-order valence-electron chi connectivity index (χ0n) is 25.4. The fraction of sp³-hybridized carbons (Fsp3) is 0.220. The summed E-state index contributed by atoms with van der Waals surface area (Å²) in [5.41, 5.74) is 12.5. The lowest BCUT2D eigenvalue weighted by atomic mass is 9.59. The molecule has 4 aromatic rings. The molecule has 0 saturated carbocycles. The topological polar surface area (TPSA) is 0 Å². The van der Waals surface area contributed by atoms with Crippen molar-refractivity contribution in [2.75, 3.05) is 12.3 Å². The molecule has 43 heavy (non-hydrogen) atoms. The Morgan fingerprint density at radius 1 is 0.395 bits per heavy atom. The third-order valence-corrected chi connectivity index (χ3v) is 17.0. The zero-order chi connectivity index (χ0) is 29.1. The molecule has 0 aromatic heterocycles. The van der Waals surface area contributed by atoms with Crippen LogP contribution < -0.4 is 0 Å². The van der Waals surface area contributed by atoms with Crippen LogP contribution in [0.3, 0.4) is 0 Å². The molecule has 0 amide bonds. The molecule has 4 bridgehead atoms. The van der Waals surface area contributed by atoms with Crippen molar-refractivity contribution in [3.8, 4) is 0 Å². The van der Waals surface area contributed by atoms with Gasteiger partial charge in [0, 0.05) is 16.2 Å². The normalized spacial score (nSPS) is 29.7. The molecule has 2 unspecified atom stereocenters. The Labute approximate surface area is 258 Å². The molecule has 9 rings (SSSR count). The highest BCUT2D eigenvalue weighted by Crippen LogP contribution is 2.92. The summed E-state index contributed by atoms with van der Waals surface area (Å²) in [5, 5.41) is 6.88. The van der Waals surface area contributed by atoms with Crippen molar-refractivity contribution in [1.82, 2.24) is 0 Å². The van der Waals surface area contributed by atoms with Gasteiger partial charge in [0.2, 0.25) is 0 Å². The lowest BCUT2D eigenvalue weighted by molar-refractivity contribution is 0.390. The predicted octanol–water partition coefficient (Wildman–Crippen LogP) is 11.7. The molecule has 0 spiro atoms. The van der Waals surface area contributed by atoms with Gasteiger partial charge in [0.05, 0.1) is 0 Å². The van der Waals surface area contributed by atoms with Crippen LogP contribution in [0.1, 0.15) is 49.9 Å². The van der Waals surface area contributed by atoms with Gasteiger partial charge in [-0.3, -0.25) is 0 Å². The Hall–Kier alpha value is -3.30. The molecular formula is C41H36P2. The van der Waals surface area contributed by atoms with Crippen LogP contribution in [0.15, 0.2) is 143 Å². The van der Waals surface area contributed by atoms with Crippen molar-refractivity contribution in [3.63, 3.8) is 0 Å². The molecule has 2 heteroatoms. The Bertz CT molecular complexity index is 1800. The molecule has 4 aromatic carbocycles. The van der Waals surface area contributed by atoms with Crippen LogP contribution in [-0.2, 0) is 0 Å². The first-order valence-electron chi connectivity index (χ1n) is 15.6. The summed E-state index contributed by atoms with van der Waals surface area (Å²) in [6.07, 6.45) is 2.52. The number of hydrogen-bond donors (Lipinski definition) is 0.